The smallest absolute Gasteiger partial charge is 0.293 e. The molecule has 0 radical (unpaired) electrons. The number of aromatic nitrogens is 4. The normalized spacial score (nSPS) is 11.4. The van der Waals surface area contributed by atoms with Crippen molar-refractivity contribution < 1.29 is 13.2 Å². The number of tetrazole rings is 1. The minimum atomic E-state index is -3.76. The molecule has 0 amide bonds. The maximum Gasteiger partial charge on any atom is 0.293 e. The van der Waals surface area contributed by atoms with Crippen LogP contribution in [0.2, 0.25) is 0 Å². The summed E-state index contributed by atoms with van der Waals surface area (Å²) >= 11 is 0. The van der Waals surface area contributed by atoms with E-state index in [1.807, 2.05) is 31.2 Å². The van der Waals surface area contributed by atoms with Crippen LogP contribution in [0.1, 0.15) is 11.1 Å². The van der Waals surface area contributed by atoms with E-state index in [0.717, 1.165) is 16.9 Å². The molecular weight excluding hydrogens is 328 g/mol. The van der Waals surface area contributed by atoms with E-state index in [1.54, 1.807) is 19.2 Å². The number of ether oxygens (including phenoxy) is 1. The molecule has 3 rings (SSSR count). The van der Waals surface area contributed by atoms with Crippen molar-refractivity contribution in [1.82, 2.24) is 20.2 Å². The first-order valence-corrected chi connectivity index (χ1v) is 8.70. The predicted molar refractivity (Wildman–Crippen MR) is 86.5 cm³/mol. The summed E-state index contributed by atoms with van der Waals surface area (Å²) in [6.45, 7) is 2.21. The van der Waals surface area contributed by atoms with Crippen molar-refractivity contribution in [3.05, 3.63) is 59.7 Å². The lowest BCUT2D eigenvalue weighted by molar-refractivity contribution is 0.414. The van der Waals surface area contributed by atoms with Crippen LogP contribution in [-0.2, 0) is 16.4 Å². The Morgan fingerprint density at radius 2 is 1.71 bits per heavy atom. The second kappa shape index (κ2) is 6.40. The van der Waals surface area contributed by atoms with E-state index in [9.17, 15) is 8.42 Å². The molecule has 24 heavy (non-hydrogen) atoms. The van der Waals surface area contributed by atoms with Crippen LogP contribution in [0.5, 0.6) is 5.75 Å². The Balaban J connectivity index is 1.82. The molecule has 7 nitrogen and oxygen atoms in total. The number of methoxy groups -OCH3 is 1. The lowest BCUT2D eigenvalue weighted by Gasteiger charge is -2.02. The van der Waals surface area contributed by atoms with Crippen LogP contribution in [0.25, 0.3) is 0 Å². The van der Waals surface area contributed by atoms with E-state index in [4.69, 9.17) is 4.74 Å². The molecule has 0 fully saturated rings. The largest absolute Gasteiger partial charge is 0.497 e. The first kappa shape index (κ1) is 16.1. The Bertz CT molecular complexity index is 932. The number of aryl methyl sites for hydroxylation is 1. The first-order chi connectivity index (χ1) is 11.5. The van der Waals surface area contributed by atoms with Gasteiger partial charge in [-0.25, -0.2) is 8.42 Å². The molecule has 8 heteroatoms. The van der Waals surface area contributed by atoms with E-state index in [2.05, 4.69) is 15.4 Å². The van der Waals surface area contributed by atoms with Crippen LogP contribution in [0.3, 0.4) is 0 Å². The summed E-state index contributed by atoms with van der Waals surface area (Å²) in [5.74, 6) is 0.743. The van der Waals surface area contributed by atoms with Crippen LogP contribution in [-0.4, -0.2) is 35.7 Å². The van der Waals surface area contributed by atoms with Gasteiger partial charge in [0.1, 0.15) is 5.75 Å². The van der Waals surface area contributed by atoms with Crippen molar-refractivity contribution in [3.63, 3.8) is 0 Å². The first-order valence-electron chi connectivity index (χ1n) is 7.21. The standard InChI is InChI=1S/C16H16N4O3S/c1-12-3-9-15(10-4-12)24(21,22)16-17-19-20(18-16)11-13-5-7-14(23-2)8-6-13/h3-10H,11H2,1-2H3. The Morgan fingerprint density at radius 1 is 1.04 bits per heavy atom. The van der Waals surface area contributed by atoms with Gasteiger partial charge in [0.25, 0.3) is 5.16 Å². The van der Waals surface area contributed by atoms with Gasteiger partial charge in [-0.2, -0.15) is 4.80 Å². The van der Waals surface area contributed by atoms with E-state index in [0.29, 0.717) is 6.54 Å². The van der Waals surface area contributed by atoms with Gasteiger partial charge in [-0.15, -0.1) is 5.10 Å². The summed E-state index contributed by atoms with van der Waals surface area (Å²) in [5.41, 5.74) is 1.89. The molecule has 0 N–H and O–H groups in total. The molecule has 0 saturated heterocycles. The zero-order valence-electron chi connectivity index (χ0n) is 13.2. The molecule has 2 aromatic carbocycles. The van der Waals surface area contributed by atoms with Gasteiger partial charge in [-0.3, -0.25) is 0 Å². The summed E-state index contributed by atoms with van der Waals surface area (Å²) < 4.78 is 30.1. The highest BCUT2D eigenvalue weighted by Crippen LogP contribution is 2.17. The maximum absolute atomic E-state index is 12.5. The van der Waals surface area contributed by atoms with Gasteiger partial charge in [0.15, 0.2) is 0 Å². The van der Waals surface area contributed by atoms with Crippen LogP contribution in [0.4, 0.5) is 0 Å². The third-order valence-electron chi connectivity index (χ3n) is 3.49. The highest BCUT2D eigenvalue weighted by molar-refractivity contribution is 7.91. The van der Waals surface area contributed by atoms with Crippen molar-refractivity contribution in [2.45, 2.75) is 23.5 Å². The van der Waals surface area contributed by atoms with Gasteiger partial charge in [-0.05, 0) is 42.0 Å². The van der Waals surface area contributed by atoms with Crippen molar-refractivity contribution in [1.29, 1.82) is 0 Å². The van der Waals surface area contributed by atoms with Crippen LogP contribution < -0.4 is 4.74 Å². The molecule has 1 aromatic heterocycles. The second-order valence-corrected chi connectivity index (χ2v) is 7.11. The molecule has 0 bridgehead atoms. The number of hydrogen-bond acceptors (Lipinski definition) is 6. The van der Waals surface area contributed by atoms with Crippen LogP contribution >= 0.6 is 0 Å². The molecule has 1 heterocycles. The molecule has 0 aliphatic rings. The SMILES string of the molecule is COc1ccc(Cn2nnc(S(=O)(=O)c3ccc(C)cc3)n2)cc1. The monoisotopic (exact) mass is 344 g/mol. The van der Waals surface area contributed by atoms with Gasteiger partial charge in [0.05, 0.1) is 18.6 Å². The summed E-state index contributed by atoms with van der Waals surface area (Å²) in [6.07, 6.45) is 0. The Hall–Kier alpha value is -2.74. The van der Waals surface area contributed by atoms with Gasteiger partial charge >= 0.3 is 0 Å². The number of benzene rings is 2. The molecule has 3 aromatic rings. The molecule has 0 atom stereocenters. The Kier molecular flexibility index (Phi) is 4.30. The summed E-state index contributed by atoms with van der Waals surface area (Å²) in [7, 11) is -2.17. The Morgan fingerprint density at radius 3 is 2.33 bits per heavy atom. The number of rotatable bonds is 5. The zero-order chi connectivity index (χ0) is 17.2. The Labute approximate surface area is 139 Å². The highest BCUT2D eigenvalue weighted by Gasteiger charge is 2.23. The van der Waals surface area contributed by atoms with E-state index < -0.39 is 9.84 Å². The minimum absolute atomic E-state index is 0.150. The molecule has 0 aliphatic carbocycles. The number of hydrogen-bond donors (Lipinski definition) is 0. The van der Waals surface area contributed by atoms with Crippen LogP contribution in [0, 0.1) is 6.92 Å². The molecule has 124 valence electrons. The fourth-order valence-corrected chi connectivity index (χ4v) is 3.17. The van der Waals surface area contributed by atoms with Crippen molar-refractivity contribution in [3.8, 4) is 5.75 Å². The molecule has 0 spiro atoms. The van der Waals surface area contributed by atoms with E-state index in [1.165, 1.54) is 16.9 Å². The van der Waals surface area contributed by atoms with E-state index >= 15 is 0 Å². The van der Waals surface area contributed by atoms with Crippen molar-refractivity contribution in [2.75, 3.05) is 7.11 Å². The fraction of sp³-hybridized carbons (Fsp3) is 0.188. The van der Waals surface area contributed by atoms with E-state index in [-0.39, 0.29) is 10.1 Å². The predicted octanol–water partition coefficient (Wildman–Crippen LogP) is 1.87. The second-order valence-electron chi connectivity index (χ2n) is 5.27. The summed E-state index contributed by atoms with van der Waals surface area (Å²) in [5, 5.41) is 11.2. The molecule has 0 unspecified atom stereocenters. The summed E-state index contributed by atoms with van der Waals surface area (Å²) in [4.78, 5) is 1.40. The van der Waals surface area contributed by atoms with Crippen molar-refractivity contribution >= 4 is 9.84 Å². The van der Waals surface area contributed by atoms with Gasteiger partial charge < -0.3 is 4.74 Å². The lowest BCUT2D eigenvalue weighted by atomic mass is 10.2. The molecule has 0 saturated carbocycles. The minimum Gasteiger partial charge on any atom is -0.497 e. The summed E-state index contributed by atoms with van der Waals surface area (Å²) in [6, 6.07) is 13.9. The lowest BCUT2D eigenvalue weighted by Crippen LogP contribution is -2.07. The number of sulfone groups is 1. The average Bonchev–Trinajstić information content (AvgIpc) is 3.05. The third kappa shape index (κ3) is 3.28. The fourth-order valence-electron chi connectivity index (χ4n) is 2.12. The van der Waals surface area contributed by atoms with Gasteiger partial charge in [0, 0.05) is 0 Å². The van der Waals surface area contributed by atoms with Crippen LogP contribution in [0.15, 0.2) is 58.6 Å². The third-order valence-corrected chi connectivity index (χ3v) is 5.03. The zero-order valence-corrected chi connectivity index (χ0v) is 14.1. The maximum atomic E-state index is 12.5. The van der Waals surface area contributed by atoms with Gasteiger partial charge in [-0.1, -0.05) is 34.9 Å². The number of nitrogens with zero attached hydrogens (tertiary/aromatic N) is 4. The topological polar surface area (TPSA) is 87.0 Å². The molecular formula is C16H16N4O3S. The quantitative estimate of drug-likeness (QED) is 0.702. The van der Waals surface area contributed by atoms with Crippen molar-refractivity contribution in [2.24, 2.45) is 0 Å². The average molecular weight is 344 g/mol. The highest BCUT2D eigenvalue weighted by atomic mass is 32.2. The van der Waals surface area contributed by atoms with Gasteiger partial charge in [0.2, 0.25) is 9.84 Å². The molecule has 0 aliphatic heterocycles.